The van der Waals surface area contributed by atoms with Gasteiger partial charge < -0.3 is 15.5 Å². The third-order valence-corrected chi connectivity index (χ3v) is 6.74. The van der Waals surface area contributed by atoms with E-state index >= 15 is 0 Å². The molecule has 3 aliphatic heterocycles. The Hall–Kier alpha value is -2.90. The van der Waals surface area contributed by atoms with Crippen LogP contribution >= 0.6 is 0 Å². The number of piperidine rings is 1. The van der Waals surface area contributed by atoms with Gasteiger partial charge >= 0.3 is 0 Å². The smallest absolute Gasteiger partial charge is 0.254 e. The van der Waals surface area contributed by atoms with E-state index in [4.69, 9.17) is 11.0 Å². The van der Waals surface area contributed by atoms with Crippen molar-refractivity contribution in [3.05, 3.63) is 35.4 Å². The number of hydrogen-bond donors (Lipinski definition) is 1. The Balaban J connectivity index is 1.44. The molecule has 4 atom stereocenters. The van der Waals surface area contributed by atoms with Crippen LogP contribution in [0.4, 0.5) is 0 Å². The van der Waals surface area contributed by atoms with Crippen molar-refractivity contribution >= 4 is 11.8 Å². The molecular weight excluding hydrogens is 366 g/mol. The summed E-state index contributed by atoms with van der Waals surface area (Å²) in [4.78, 5) is 29.6. The largest absolute Gasteiger partial charge is 0.333 e. The highest BCUT2D eigenvalue weighted by atomic mass is 16.2. The van der Waals surface area contributed by atoms with Gasteiger partial charge in [0.1, 0.15) is 6.04 Å². The number of hydrogen-bond acceptors (Lipinski definition) is 5. The molecule has 150 valence electrons. The van der Waals surface area contributed by atoms with Crippen molar-refractivity contribution in [3.8, 4) is 12.1 Å². The Bertz CT molecular complexity index is 870. The Morgan fingerprint density at radius 2 is 1.72 bits per heavy atom. The summed E-state index contributed by atoms with van der Waals surface area (Å²) in [7, 11) is 0. The third kappa shape index (κ3) is 3.47. The monoisotopic (exact) mass is 391 g/mol. The molecular formula is C22H25N5O2. The Labute approximate surface area is 170 Å². The van der Waals surface area contributed by atoms with E-state index in [1.807, 2.05) is 4.90 Å². The maximum absolute atomic E-state index is 13.1. The van der Waals surface area contributed by atoms with Crippen molar-refractivity contribution in [2.75, 3.05) is 6.54 Å². The molecule has 0 aromatic heterocycles. The zero-order valence-corrected chi connectivity index (χ0v) is 16.3. The second-order valence-corrected chi connectivity index (χ2v) is 8.36. The van der Waals surface area contributed by atoms with Gasteiger partial charge in [-0.25, -0.2) is 0 Å². The van der Waals surface area contributed by atoms with Crippen molar-refractivity contribution in [1.82, 2.24) is 9.80 Å². The molecule has 3 saturated heterocycles. The fourth-order valence-corrected chi connectivity index (χ4v) is 5.24. The number of carbonyl (C=O) groups excluding carboxylic acids is 2. The van der Waals surface area contributed by atoms with Crippen molar-refractivity contribution in [2.24, 2.45) is 11.7 Å². The first-order valence-corrected chi connectivity index (χ1v) is 10.3. The molecule has 0 saturated carbocycles. The highest BCUT2D eigenvalue weighted by molar-refractivity contribution is 5.95. The average molecular weight is 391 g/mol. The van der Waals surface area contributed by atoms with Gasteiger partial charge in [0.2, 0.25) is 5.91 Å². The molecule has 29 heavy (non-hydrogen) atoms. The van der Waals surface area contributed by atoms with E-state index in [1.165, 1.54) is 0 Å². The highest BCUT2D eigenvalue weighted by Gasteiger charge is 2.46. The van der Waals surface area contributed by atoms with Gasteiger partial charge in [-0.3, -0.25) is 9.59 Å². The van der Waals surface area contributed by atoms with Crippen LogP contribution in [-0.4, -0.2) is 52.3 Å². The van der Waals surface area contributed by atoms with Gasteiger partial charge in [0.15, 0.2) is 0 Å². The second kappa shape index (κ2) is 7.85. The number of nitrogens with zero attached hydrogens (tertiary/aromatic N) is 4. The van der Waals surface area contributed by atoms with Gasteiger partial charge in [-0.2, -0.15) is 10.5 Å². The van der Waals surface area contributed by atoms with Gasteiger partial charge in [-0.05, 0) is 68.7 Å². The molecule has 0 spiro atoms. The summed E-state index contributed by atoms with van der Waals surface area (Å²) in [6.45, 7) is 0.605. The lowest BCUT2D eigenvalue weighted by molar-refractivity contribution is -0.134. The second-order valence-electron chi connectivity index (χ2n) is 8.36. The van der Waals surface area contributed by atoms with E-state index in [9.17, 15) is 14.9 Å². The van der Waals surface area contributed by atoms with Crippen LogP contribution in [0.3, 0.4) is 0 Å². The van der Waals surface area contributed by atoms with Crippen LogP contribution in [0.15, 0.2) is 24.3 Å². The molecule has 2 amide bonds. The number of carbonyl (C=O) groups is 2. The maximum Gasteiger partial charge on any atom is 0.254 e. The van der Waals surface area contributed by atoms with Gasteiger partial charge in [-0.1, -0.05) is 0 Å². The van der Waals surface area contributed by atoms with E-state index in [-0.39, 0.29) is 35.9 Å². The standard InChI is InChI=1S/C22H25N5O2/c23-12-14-3-5-15(6-4-14)21(28)27-17-7-8-18(27)11-16(10-17)20(25)22(29)26-9-1-2-19(26)13-24/h3-6,16-20H,1-2,7-11,25H2/t16?,17?,18?,19-,20-/m0/s1. The van der Waals surface area contributed by atoms with Gasteiger partial charge in [-0.15, -0.1) is 0 Å². The molecule has 3 aliphatic rings. The Morgan fingerprint density at radius 3 is 2.31 bits per heavy atom. The summed E-state index contributed by atoms with van der Waals surface area (Å²) < 4.78 is 0. The molecule has 2 N–H and O–H groups in total. The van der Waals surface area contributed by atoms with E-state index in [0.717, 1.165) is 38.5 Å². The summed E-state index contributed by atoms with van der Waals surface area (Å²) in [5.41, 5.74) is 7.49. The SMILES string of the molecule is N#Cc1ccc(C(=O)N2C3CCC2CC([C@H](N)C(=O)N2CCC[C@H]2C#N)C3)cc1. The number of amides is 2. The molecule has 7 heteroatoms. The predicted molar refractivity (Wildman–Crippen MR) is 105 cm³/mol. The predicted octanol–water partition coefficient (Wildman–Crippen LogP) is 1.78. The number of nitriles is 2. The number of rotatable bonds is 3. The first-order chi connectivity index (χ1) is 14.0. The molecule has 0 radical (unpaired) electrons. The van der Waals surface area contributed by atoms with Crippen molar-refractivity contribution in [2.45, 2.75) is 62.7 Å². The maximum atomic E-state index is 13.1. The molecule has 2 unspecified atom stereocenters. The zero-order chi connectivity index (χ0) is 20.5. The minimum Gasteiger partial charge on any atom is -0.333 e. The van der Waals surface area contributed by atoms with Crippen LogP contribution in [-0.2, 0) is 4.79 Å². The highest BCUT2D eigenvalue weighted by Crippen LogP contribution is 2.41. The van der Waals surface area contributed by atoms with Crippen LogP contribution < -0.4 is 5.73 Å². The summed E-state index contributed by atoms with van der Waals surface area (Å²) in [6.07, 6.45) is 4.85. The number of nitrogens with two attached hydrogens (primary N) is 1. The first kappa shape index (κ1) is 19.4. The Kier molecular flexibility index (Phi) is 5.25. The number of benzene rings is 1. The van der Waals surface area contributed by atoms with E-state index in [1.54, 1.807) is 29.2 Å². The normalized spacial score (nSPS) is 29.2. The lowest BCUT2D eigenvalue weighted by Crippen LogP contribution is -2.54. The van der Waals surface area contributed by atoms with Gasteiger partial charge in [0, 0.05) is 24.2 Å². The van der Waals surface area contributed by atoms with Crippen LogP contribution in [0, 0.1) is 28.6 Å². The quantitative estimate of drug-likeness (QED) is 0.843. The first-order valence-electron chi connectivity index (χ1n) is 10.3. The lowest BCUT2D eigenvalue weighted by Gasteiger charge is -2.41. The van der Waals surface area contributed by atoms with Crippen LogP contribution in [0.5, 0.6) is 0 Å². The minimum absolute atomic E-state index is 0.00979. The molecule has 1 aromatic rings. The summed E-state index contributed by atoms with van der Waals surface area (Å²) in [6, 6.07) is 10.2. The molecule has 0 aliphatic carbocycles. The molecule has 1 aromatic carbocycles. The zero-order valence-electron chi connectivity index (χ0n) is 16.3. The van der Waals surface area contributed by atoms with Crippen molar-refractivity contribution < 1.29 is 9.59 Å². The molecule has 2 bridgehead atoms. The molecule has 3 heterocycles. The number of fused-ring (bicyclic) bond motifs is 2. The minimum atomic E-state index is -0.612. The van der Waals surface area contributed by atoms with Crippen LogP contribution in [0.25, 0.3) is 0 Å². The van der Waals surface area contributed by atoms with Crippen LogP contribution in [0.2, 0.25) is 0 Å². The molecule has 3 fully saturated rings. The number of likely N-dealkylation sites (tertiary alicyclic amines) is 1. The lowest BCUT2D eigenvalue weighted by atomic mass is 9.84. The van der Waals surface area contributed by atoms with Crippen molar-refractivity contribution in [3.63, 3.8) is 0 Å². The molecule has 7 nitrogen and oxygen atoms in total. The Morgan fingerprint density at radius 1 is 1.07 bits per heavy atom. The fraction of sp³-hybridized carbons (Fsp3) is 0.545. The average Bonchev–Trinajstić information content (AvgIpc) is 3.34. The van der Waals surface area contributed by atoms with E-state index in [0.29, 0.717) is 17.7 Å². The molecule has 4 rings (SSSR count). The summed E-state index contributed by atoms with van der Waals surface area (Å²) in [5.74, 6) is -0.0975. The van der Waals surface area contributed by atoms with Gasteiger partial charge in [0.25, 0.3) is 5.91 Å². The van der Waals surface area contributed by atoms with Crippen molar-refractivity contribution in [1.29, 1.82) is 10.5 Å². The third-order valence-electron chi connectivity index (χ3n) is 6.74. The van der Waals surface area contributed by atoms with Gasteiger partial charge in [0.05, 0.1) is 23.7 Å². The fourth-order valence-electron chi connectivity index (χ4n) is 5.24. The van der Waals surface area contributed by atoms with E-state index in [2.05, 4.69) is 12.1 Å². The summed E-state index contributed by atoms with van der Waals surface area (Å²) in [5, 5.41) is 18.2. The summed E-state index contributed by atoms with van der Waals surface area (Å²) >= 11 is 0. The van der Waals surface area contributed by atoms with E-state index < -0.39 is 6.04 Å². The van der Waals surface area contributed by atoms with Crippen LogP contribution in [0.1, 0.15) is 54.4 Å². The topological polar surface area (TPSA) is 114 Å².